The van der Waals surface area contributed by atoms with E-state index in [1.54, 1.807) is 0 Å². The van der Waals surface area contributed by atoms with Gasteiger partial charge in [0.25, 0.3) is 0 Å². The number of hydrogen-bond donors (Lipinski definition) is 1. The maximum atomic E-state index is 13.7. The van der Waals surface area contributed by atoms with Gasteiger partial charge in [0.05, 0.1) is 19.0 Å². The summed E-state index contributed by atoms with van der Waals surface area (Å²) < 4.78 is 60.1. The number of hydrazine groups is 1. The van der Waals surface area contributed by atoms with Gasteiger partial charge in [-0.15, -0.1) is 0 Å². The lowest BCUT2D eigenvalue weighted by atomic mass is 9.95. The fraction of sp³-hybridized carbons (Fsp3) is 0.269. The molecule has 1 amide bonds. The third-order valence-corrected chi connectivity index (χ3v) is 7.28. The molecule has 2 aliphatic heterocycles. The fourth-order valence-electron chi connectivity index (χ4n) is 3.90. The highest BCUT2D eigenvalue weighted by atomic mass is 32.2. The van der Waals surface area contributed by atoms with Gasteiger partial charge in [-0.3, -0.25) is 15.0 Å². The van der Waals surface area contributed by atoms with Crippen LogP contribution in [0.25, 0.3) is 12.2 Å². The molecule has 0 spiro atoms. The van der Waals surface area contributed by atoms with E-state index in [0.717, 1.165) is 24.3 Å². The minimum Gasteiger partial charge on any atom is -0.378 e. The third kappa shape index (κ3) is 7.28. The maximum absolute atomic E-state index is 13.7. The highest BCUT2D eigenvalue weighted by molar-refractivity contribution is 8.23. The minimum atomic E-state index is -1.07. The van der Waals surface area contributed by atoms with Crippen molar-refractivity contribution in [1.82, 2.24) is 15.3 Å². The van der Waals surface area contributed by atoms with Crippen LogP contribution in [0.4, 0.5) is 17.6 Å². The molecule has 0 aromatic heterocycles. The van der Waals surface area contributed by atoms with Crippen molar-refractivity contribution in [2.75, 3.05) is 45.1 Å². The summed E-state index contributed by atoms with van der Waals surface area (Å²) in [5.74, 6) is -4.94. The van der Waals surface area contributed by atoms with E-state index in [-0.39, 0.29) is 47.0 Å². The number of thiocarbonyl (C=S) groups is 1. The standard InChI is InChI=1S/C26H23F4N3O3S2/c27-20-3-1-16(11-22(20)29)9-18-13-33(31-24(34)15-38-26(37)32-5-7-36-8-6-32)14-19(25(18)35)10-17-2-4-21(28)23(30)12-17/h1-4,9-12H,5-8,13-15H2,(H,31,34)/b18-9+,19-10+. The fourth-order valence-corrected chi connectivity index (χ4v) is 4.94. The molecule has 2 fully saturated rings. The van der Waals surface area contributed by atoms with Crippen LogP contribution < -0.4 is 5.43 Å². The van der Waals surface area contributed by atoms with E-state index in [0.29, 0.717) is 30.6 Å². The van der Waals surface area contributed by atoms with Crippen LogP contribution in [-0.4, -0.2) is 71.1 Å². The first-order valence-corrected chi connectivity index (χ1v) is 13.0. The first-order valence-electron chi connectivity index (χ1n) is 11.6. The van der Waals surface area contributed by atoms with Crippen molar-refractivity contribution in [3.63, 3.8) is 0 Å². The van der Waals surface area contributed by atoms with Crippen molar-refractivity contribution in [3.8, 4) is 0 Å². The second-order valence-corrected chi connectivity index (χ2v) is 10.2. The first kappa shape index (κ1) is 28.0. The Kier molecular flexibility index (Phi) is 9.31. The van der Waals surface area contributed by atoms with E-state index in [1.807, 2.05) is 4.90 Å². The Bertz CT molecular complexity index is 1240. The molecular weight excluding hydrogens is 542 g/mol. The lowest BCUT2D eigenvalue weighted by molar-refractivity contribution is -0.124. The van der Waals surface area contributed by atoms with Gasteiger partial charge < -0.3 is 9.64 Å². The largest absolute Gasteiger partial charge is 0.378 e. The van der Waals surface area contributed by atoms with Gasteiger partial charge in [0.15, 0.2) is 29.1 Å². The number of nitrogens with zero attached hydrogens (tertiary/aromatic N) is 2. The number of ether oxygens (including phenoxy) is 1. The quantitative estimate of drug-likeness (QED) is 0.335. The summed E-state index contributed by atoms with van der Waals surface area (Å²) in [5.41, 5.74) is 3.61. The lowest BCUT2D eigenvalue weighted by Gasteiger charge is -2.30. The van der Waals surface area contributed by atoms with Crippen LogP contribution in [-0.2, 0) is 14.3 Å². The molecular formula is C26H23F4N3O3S2. The van der Waals surface area contributed by atoms with Gasteiger partial charge in [0, 0.05) is 37.3 Å². The van der Waals surface area contributed by atoms with Crippen molar-refractivity contribution in [3.05, 3.63) is 81.9 Å². The molecule has 0 saturated carbocycles. The van der Waals surface area contributed by atoms with E-state index in [2.05, 4.69) is 5.43 Å². The van der Waals surface area contributed by atoms with Gasteiger partial charge in [-0.1, -0.05) is 36.1 Å². The number of ketones is 1. The van der Waals surface area contributed by atoms with E-state index in [4.69, 9.17) is 17.0 Å². The van der Waals surface area contributed by atoms with E-state index in [9.17, 15) is 27.2 Å². The zero-order valence-electron chi connectivity index (χ0n) is 20.0. The van der Waals surface area contributed by atoms with Crippen molar-refractivity contribution < 1.29 is 31.9 Å². The molecule has 2 aliphatic rings. The summed E-state index contributed by atoms with van der Waals surface area (Å²) in [5, 5.41) is 1.49. The molecule has 2 saturated heterocycles. The number of halogens is 4. The van der Waals surface area contributed by atoms with E-state index < -0.39 is 29.1 Å². The Hall–Kier alpha value is -3.06. The molecule has 2 heterocycles. The number of nitrogens with one attached hydrogen (secondary N) is 1. The second-order valence-electron chi connectivity index (χ2n) is 8.56. The Labute approximate surface area is 226 Å². The lowest BCUT2D eigenvalue weighted by Crippen LogP contribution is -2.49. The number of carbonyl (C=O) groups excluding carboxylic acids is 2. The minimum absolute atomic E-state index is 0.0166. The summed E-state index contributed by atoms with van der Waals surface area (Å²) in [6.45, 7) is 2.40. The molecule has 0 radical (unpaired) electrons. The molecule has 4 rings (SSSR count). The molecule has 12 heteroatoms. The molecule has 0 bridgehead atoms. The second kappa shape index (κ2) is 12.7. The maximum Gasteiger partial charge on any atom is 0.244 e. The predicted molar refractivity (Wildman–Crippen MR) is 141 cm³/mol. The number of piperidine rings is 1. The zero-order valence-corrected chi connectivity index (χ0v) is 21.6. The van der Waals surface area contributed by atoms with Gasteiger partial charge in [0.2, 0.25) is 5.91 Å². The molecule has 2 aromatic rings. The SMILES string of the molecule is O=C(CSC(=S)N1CCOCC1)NN1C/C(=C\c2ccc(F)c(F)c2)C(=O)/C(=C/c2ccc(F)c(F)c2)C1. The van der Waals surface area contributed by atoms with E-state index >= 15 is 0 Å². The topological polar surface area (TPSA) is 61.9 Å². The third-order valence-electron chi connectivity index (χ3n) is 5.75. The van der Waals surface area contributed by atoms with Gasteiger partial charge in [-0.05, 0) is 47.5 Å². The molecule has 0 aliphatic carbocycles. The van der Waals surface area contributed by atoms with Crippen LogP contribution >= 0.6 is 24.0 Å². The number of carbonyl (C=O) groups is 2. The molecule has 200 valence electrons. The van der Waals surface area contributed by atoms with Crippen LogP contribution in [0.2, 0.25) is 0 Å². The Morgan fingerprint density at radius 3 is 1.95 bits per heavy atom. The van der Waals surface area contributed by atoms with Crippen molar-refractivity contribution in [2.45, 2.75) is 0 Å². The van der Waals surface area contributed by atoms with Gasteiger partial charge in [-0.25, -0.2) is 22.6 Å². The average molecular weight is 566 g/mol. The Balaban J connectivity index is 1.52. The highest BCUT2D eigenvalue weighted by Gasteiger charge is 2.28. The van der Waals surface area contributed by atoms with Gasteiger partial charge in [0.1, 0.15) is 4.32 Å². The number of thioether (sulfide) groups is 1. The number of amides is 1. The molecule has 1 N–H and O–H groups in total. The number of morpholine rings is 1. The van der Waals surface area contributed by atoms with Crippen LogP contribution in [0.1, 0.15) is 11.1 Å². The monoisotopic (exact) mass is 565 g/mol. The number of Topliss-reactive ketones (excluding diaryl/α,β-unsaturated/α-hetero) is 1. The van der Waals surface area contributed by atoms with Crippen LogP contribution in [0.15, 0.2) is 47.5 Å². The van der Waals surface area contributed by atoms with E-state index in [1.165, 1.54) is 41.1 Å². The molecule has 6 nitrogen and oxygen atoms in total. The first-order chi connectivity index (χ1) is 18.2. The Morgan fingerprint density at radius 2 is 1.45 bits per heavy atom. The molecule has 38 heavy (non-hydrogen) atoms. The predicted octanol–water partition coefficient (Wildman–Crippen LogP) is 3.98. The van der Waals surface area contributed by atoms with Gasteiger partial charge in [-0.2, -0.15) is 0 Å². The molecule has 0 unspecified atom stereocenters. The average Bonchev–Trinajstić information content (AvgIpc) is 2.90. The summed E-state index contributed by atoms with van der Waals surface area (Å²) in [4.78, 5) is 27.9. The normalized spacial score (nSPS) is 18.7. The van der Waals surface area contributed by atoms with Crippen molar-refractivity contribution in [1.29, 1.82) is 0 Å². The molecule has 0 atom stereocenters. The van der Waals surface area contributed by atoms with Crippen molar-refractivity contribution >= 4 is 52.1 Å². The summed E-state index contributed by atoms with van der Waals surface area (Å²) >= 11 is 6.60. The van der Waals surface area contributed by atoms with Crippen LogP contribution in [0.3, 0.4) is 0 Å². The zero-order chi connectivity index (χ0) is 27.2. The summed E-state index contributed by atoms with van der Waals surface area (Å²) in [6, 6.07) is 6.43. The number of hydrogen-bond acceptors (Lipinski definition) is 6. The summed E-state index contributed by atoms with van der Waals surface area (Å²) in [6.07, 6.45) is 2.79. The van der Waals surface area contributed by atoms with Gasteiger partial charge >= 0.3 is 0 Å². The summed E-state index contributed by atoms with van der Waals surface area (Å²) in [7, 11) is 0. The van der Waals surface area contributed by atoms with Crippen molar-refractivity contribution in [2.24, 2.45) is 0 Å². The highest BCUT2D eigenvalue weighted by Crippen LogP contribution is 2.23. The number of rotatable bonds is 5. The smallest absolute Gasteiger partial charge is 0.244 e. The van der Waals surface area contributed by atoms with Crippen LogP contribution in [0.5, 0.6) is 0 Å². The number of benzene rings is 2. The Morgan fingerprint density at radius 1 is 0.921 bits per heavy atom. The molecule has 2 aromatic carbocycles. The van der Waals surface area contributed by atoms with Crippen LogP contribution in [0, 0.1) is 23.3 Å².